The molecule has 16 aromatic rings. The van der Waals surface area contributed by atoms with Crippen LogP contribution in [0.1, 0.15) is 51.8 Å². The van der Waals surface area contributed by atoms with Gasteiger partial charge in [-0.05, 0) is 182 Å². The quantitative estimate of drug-likeness (QED) is 0.0168. The molecule has 0 bridgehead atoms. The van der Waals surface area contributed by atoms with Gasteiger partial charge in [0.25, 0.3) is 17.1 Å². The zero-order chi connectivity index (χ0) is 85.2. The molecule has 0 aliphatic carbocycles. The molecule has 0 aliphatic heterocycles. The van der Waals surface area contributed by atoms with E-state index >= 15 is 0 Å². The van der Waals surface area contributed by atoms with Crippen LogP contribution in [0.5, 0.6) is 5.75 Å². The van der Waals surface area contributed by atoms with Crippen LogP contribution in [0.3, 0.4) is 0 Å². The predicted molar refractivity (Wildman–Crippen MR) is 461 cm³/mol. The second kappa shape index (κ2) is 37.7. The van der Waals surface area contributed by atoms with E-state index in [1.165, 1.54) is 93.3 Å². The summed E-state index contributed by atoms with van der Waals surface area (Å²) >= 11 is 4.76. The number of phenolic OH excluding ortho intramolecular Hbond substituents is 1. The van der Waals surface area contributed by atoms with Gasteiger partial charge >= 0.3 is 6.18 Å². The van der Waals surface area contributed by atoms with Crippen LogP contribution >= 0.6 is 47.0 Å². The Hall–Kier alpha value is -14.0. The topological polar surface area (TPSA) is 434 Å². The molecule has 0 atom stereocenters. The highest BCUT2D eigenvalue weighted by Gasteiger charge is 2.32. The Balaban J connectivity index is 0.000000148. The first-order chi connectivity index (χ1) is 57.4. The maximum atomic E-state index is 13.6. The number of H-pyrrole nitrogens is 6. The standard InChI is InChI=1S/C23H17N5O3S.C21H17F3N4OS.C21H18N6O3S.C18H16N4O4S.CH4/c1-13(29)12-32-23-25-22(26-27-23)16-8-15(9-17(10-16)28(30)31)14-6-7-19-18-4-2-3-5-20(18)24-21(19)11-14;1-12(29)11-30-20-25-19(26-27-20)16-8-15(9-17(10-16)21(22,23)24)13-3-4-18-14(7-13)5-6-28(18)2;1-12(28)11-31-21-23-20(25-26-21)16-9-17(13(2)19(10-16)27(29)30)14-3-5-15(6-4-14)18-7-8-22-24-18;1-10-5-15(24)3-4-16(10)12-6-13(8-14(7-12)22(25)26)17-19-18(21-20-17)27-9-11(2)23;/h2-11,24H,12H2,1H3,(H,25,26,27);3-10H,11H2,1-2H3,(H,25,26,27);3-10H,11H2,1-2H3,(H,22,24)(H,23,25,26);3-8,24H,9H2,1-2H3,(H,19,20,21);1H4. The number of benzene rings is 9. The molecule has 9 aromatic carbocycles. The van der Waals surface area contributed by atoms with Crippen molar-refractivity contribution >= 4 is 120 Å². The number of aromatic nitrogens is 16. The van der Waals surface area contributed by atoms with Crippen molar-refractivity contribution in [1.29, 1.82) is 0 Å². The number of carbonyl (C=O) groups is 4. The van der Waals surface area contributed by atoms with Crippen LogP contribution in [-0.4, -0.2) is 146 Å². The van der Waals surface area contributed by atoms with Crippen molar-refractivity contribution in [1.82, 2.24) is 80.5 Å². The van der Waals surface area contributed by atoms with E-state index in [0.717, 1.165) is 95.7 Å². The Morgan fingerprint density at radius 2 is 0.909 bits per heavy atom. The fourth-order valence-electron chi connectivity index (χ4n) is 12.6. The van der Waals surface area contributed by atoms with E-state index < -0.39 is 26.5 Å². The lowest BCUT2D eigenvalue weighted by atomic mass is 9.95. The summed E-state index contributed by atoms with van der Waals surface area (Å²) in [6.45, 7) is 9.47. The van der Waals surface area contributed by atoms with Gasteiger partial charge in [0.2, 0.25) is 20.6 Å². The highest BCUT2D eigenvalue weighted by Crippen LogP contribution is 2.41. The third-order valence-electron chi connectivity index (χ3n) is 18.3. The summed E-state index contributed by atoms with van der Waals surface area (Å²) in [5, 5.41) is 83.1. The monoisotopic (exact) mass is 1710 g/mol. The number of nitro groups is 3. The van der Waals surface area contributed by atoms with Gasteiger partial charge in [0, 0.05) is 110 Å². The summed E-state index contributed by atoms with van der Waals surface area (Å²) < 4.78 is 42.6. The molecule has 7 heterocycles. The van der Waals surface area contributed by atoms with Crippen LogP contribution < -0.4 is 0 Å². The van der Waals surface area contributed by atoms with Crippen LogP contribution in [0.15, 0.2) is 215 Å². The average Bonchev–Trinajstić information content (AvgIpc) is 1.68. The lowest BCUT2D eigenvalue weighted by Crippen LogP contribution is -2.05. The number of para-hydroxylation sites is 1. The molecule has 0 amide bonds. The van der Waals surface area contributed by atoms with Crippen molar-refractivity contribution in [3.05, 3.63) is 241 Å². The summed E-state index contributed by atoms with van der Waals surface area (Å²) in [7, 11) is 1.91. The molecule has 0 spiro atoms. The summed E-state index contributed by atoms with van der Waals surface area (Å²) in [4.78, 5) is 98.7. The molecule has 0 radical (unpaired) electrons. The minimum Gasteiger partial charge on any atom is -0.508 e. The molecule has 7 aromatic heterocycles. The van der Waals surface area contributed by atoms with Crippen LogP contribution in [-0.2, 0) is 32.4 Å². The largest absolute Gasteiger partial charge is 0.508 e. The summed E-state index contributed by atoms with van der Waals surface area (Å²) in [5.41, 5.74) is 12.8. The van der Waals surface area contributed by atoms with Crippen molar-refractivity contribution in [3.8, 4) is 107 Å². The number of alkyl halides is 3. The summed E-state index contributed by atoms with van der Waals surface area (Å²) in [6.07, 6.45) is -0.921. The number of fused-ring (bicyclic) bond motifs is 4. The number of carbonyl (C=O) groups excluding carboxylic acids is 4. The Morgan fingerprint density at radius 1 is 0.455 bits per heavy atom. The second-order valence-electron chi connectivity index (χ2n) is 27.3. The smallest absolute Gasteiger partial charge is 0.416 e. The third kappa shape index (κ3) is 21.3. The highest BCUT2D eigenvalue weighted by molar-refractivity contribution is 8.00. The molecule has 0 saturated heterocycles. The van der Waals surface area contributed by atoms with Gasteiger partial charge in [-0.3, -0.25) is 75.0 Å². The fourth-order valence-corrected chi connectivity index (χ4v) is 15.0. The SMILES string of the molecule is C.CC(=O)CSc1n[nH]c(-c2cc(-c3ccc(-c4ccn[nH]4)cc3)c(C)c([N+](=O)[O-])c2)n1.CC(=O)CSc1n[nH]c(-c2cc(-c3ccc(O)cc3C)cc([N+](=O)[O-])c2)n1.CC(=O)CSc1n[nH]c(-c2cc(-c3ccc4c(c3)[nH]c3ccccc34)cc([N+](=O)[O-])c2)n1.CC(=O)CSc1n[nH]c(-c2cc(-c3ccc4c(ccn4C)c3)cc(C(F)(F)F)c2)n1. The number of ketones is 4. The first kappa shape index (κ1) is 86.3. The number of aryl methyl sites for hydroxylation is 2. The molecule has 37 heteroatoms. The van der Waals surface area contributed by atoms with E-state index in [0.29, 0.717) is 82.6 Å². The molecule has 121 heavy (non-hydrogen) atoms. The Labute approximate surface area is 702 Å². The number of halogens is 3. The molecule has 0 unspecified atom stereocenters. The van der Waals surface area contributed by atoms with E-state index in [2.05, 4.69) is 82.0 Å². The number of non-ortho nitro benzene ring substituents is 2. The van der Waals surface area contributed by atoms with Gasteiger partial charge in [-0.15, -0.1) is 20.4 Å². The predicted octanol–water partition coefficient (Wildman–Crippen LogP) is 19.5. The van der Waals surface area contributed by atoms with Crippen LogP contribution in [0.25, 0.3) is 134 Å². The third-order valence-corrected chi connectivity index (χ3v) is 22.2. The van der Waals surface area contributed by atoms with Crippen molar-refractivity contribution in [2.24, 2.45) is 7.05 Å². The van der Waals surface area contributed by atoms with Gasteiger partial charge in [-0.2, -0.15) is 18.3 Å². The molecular weight excluding hydrogens is 1640 g/mol. The Bertz CT molecular complexity index is 6600. The van der Waals surface area contributed by atoms with Crippen LogP contribution in [0.4, 0.5) is 30.2 Å². The molecule has 16 rings (SSSR count). The first-order valence-electron chi connectivity index (χ1n) is 36.2. The van der Waals surface area contributed by atoms with E-state index in [9.17, 15) is 67.8 Å². The van der Waals surface area contributed by atoms with Crippen molar-refractivity contribution in [2.45, 2.75) is 75.8 Å². The number of hydrogen-bond donors (Lipinski definition) is 7. The molecule has 30 nitrogen and oxygen atoms in total. The zero-order valence-corrected chi connectivity index (χ0v) is 67.7. The number of hydrogen-bond acceptors (Lipinski definition) is 24. The molecule has 0 aliphatic rings. The number of nitrogens with one attached hydrogen (secondary N) is 6. The van der Waals surface area contributed by atoms with Gasteiger partial charge in [0.1, 0.15) is 28.9 Å². The van der Waals surface area contributed by atoms with Crippen LogP contribution in [0.2, 0.25) is 0 Å². The number of Topliss-reactive ketones (excluding diaryl/α,β-unsaturated/α-hetero) is 4. The van der Waals surface area contributed by atoms with Crippen molar-refractivity contribution < 1.29 is 52.2 Å². The highest BCUT2D eigenvalue weighted by atomic mass is 32.2. The number of nitro benzene ring substituents is 3. The molecule has 0 fully saturated rings. The average molecular weight is 1710 g/mol. The molecule has 0 saturated carbocycles. The molecule has 7 N–H and O–H groups in total. The summed E-state index contributed by atoms with van der Waals surface area (Å²) in [6, 6.07) is 52.6. The Kier molecular flexibility index (Phi) is 26.9. The van der Waals surface area contributed by atoms with E-state index in [1.807, 2.05) is 122 Å². The van der Waals surface area contributed by atoms with E-state index in [1.54, 1.807) is 49.5 Å². The summed E-state index contributed by atoms with van der Waals surface area (Å²) in [5.74, 6) is 2.52. The number of nitrogens with zero attached hydrogens (tertiary/aromatic N) is 13. The van der Waals surface area contributed by atoms with Crippen molar-refractivity contribution in [2.75, 3.05) is 23.0 Å². The van der Waals surface area contributed by atoms with Gasteiger partial charge < -0.3 is 14.7 Å². The minimum absolute atomic E-state index is 0. The maximum absolute atomic E-state index is 13.6. The van der Waals surface area contributed by atoms with Gasteiger partial charge in [0.05, 0.1) is 49.0 Å². The number of thioether (sulfide) groups is 4. The maximum Gasteiger partial charge on any atom is 0.416 e. The number of phenols is 1. The molecule has 614 valence electrons. The van der Waals surface area contributed by atoms with Gasteiger partial charge in [0.15, 0.2) is 23.3 Å². The molecular formula is C84H72F3N19O11S4. The lowest BCUT2D eigenvalue weighted by Gasteiger charge is -2.12. The normalized spacial score (nSPS) is 11.1. The van der Waals surface area contributed by atoms with Gasteiger partial charge in [-0.1, -0.05) is 121 Å². The number of aromatic amines is 6. The van der Waals surface area contributed by atoms with Gasteiger partial charge in [-0.25, -0.2) is 19.9 Å². The zero-order valence-electron chi connectivity index (χ0n) is 64.4. The Morgan fingerprint density at radius 3 is 1.41 bits per heavy atom. The van der Waals surface area contributed by atoms with Crippen LogP contribution in [0, 0.1) is 44.2 Å². The van der Waals surface area contributed by atoms with E-state index in [-0.39, 0.29) is 87.8 Å². The first-order valence-corrected chi connectivity index (χ1v) is 40.1. The minimum atomic E-state index is -4.51. The number of rotatable bonds is 24. The second-order valence-corrected chi connectivity index (χ2v) is 31.1. The number of aromatic hydroxyl groups is 1. The fraction of sp³-hybridized carbons (Fsp3) is 0.155. The lowest BCUT2D eigenvalue weighted by molar-refractivity contribution is -0.385. The van der Waals surface area contributed by atoms with Crippen molar-refractivity contribution in [3.63, 3.8) is 0 Å². The van der Waals surface area contributed by atoms with E-state index in [4.69, 9.17) is 0 Å².